The standard InChI is InChI=1S/C29H41N9O10S2/c1-29(2)20(25(40)38(29)48-50(43,44)45)12-22(39)24(21-16-49-27(32)34-21)35-47-23(26(41)42)15-46-19-6-5-17-13-37(14-18(17)11-19)28(33)36(9-3-7-30)10-4-8-31/h5-6,11,16,20,23,33H,3-4,7-10,12-15,30-31H2,1-2H3,(H2,32,34)(H,41,42)(H,43,44,45)/b33-28?,35-24-/t20-,23+/m1/s1. The lowest BCUT2D eigenvalue weighted by molar-refractivity contribution is -0.228. The molecule has 0 aliphatic carbocycles. The Labute approximate surface area is 292 Å². The van der Waals surface area contributed by atoms with Crippen LogP contribution in [0, 0.1) is 11.3 Å². The van der Waals surface area contributed by atoms with E-state index in [-0.39, 0.29) is 10.8 Å². The number of β-lactam (4-membered cyclic amide) rings is 1. The molecule has 0 bridgehead atoms. The zero-order chi connectivity index (χ0) is 36.8. The van der Waals surface area contributed by atoms with Gasteiger partial charge in [0.25, 0.3) is 12.0 Å². The van der Waals surface area contributed by atoms with Crippen molar-refractivity contribution in [1.29, 1.82) is 5.41 Å². The number of aromatic nitrogens is 1. The van der Waals surface area contributed by atoms with Crippen molar-refractivity contribution in [1.82, 2.24) is 19.8 Å². The molecule has 1 amide bonds. The summed E-state index contributed by atoms with van der Waals surface area (Å²) < 4.78 is 41.4. The number of hydrogen-bond donors (Lipinski definition) is 6. The number of carbonyl (C=O) groups is 3. The fourth-order valence-corrected chi connectivity index (χ4v) is 6.42. The van der Waals surface area contributed by atoms with Gasteiger partial charge in [-0.25, -0.2) is 9.78 Å². The summed E-state index contributed by atoms with van der Waals surface area (Å²) in [5.41, 5.74) is 17.2. The van der Waals surface area contributed by atoms with Gasteiger partial charge in [-0.1, -0.05) is 11.2 Å². The van der Waals surface area contributed by atoms with E-state index < -0.39 is 64.4 Å². The zero-order valence-electron chi connectivity index (χ0n) is 27.5. The number of fused-ring (bicyclic) bond motifs is 1. The van der Waals surface area contributed by atoms with E-state index in [1.54, 1.807) is 12.1 Å². The largest absolute Gasteiger partial charge is 0.489 e. The number of nitrogen functional groups attached to an aromatic ring is 1. The van der Waals surface area contributed by atoms with Gasteiger partial charge in [0, 0.05) is 38.0 Å². The number of guanidine groups is 1. The normalized spacial score (nSPS) is 17.6. The molecular weight excluding hydrogens is 699 g/mol. The first-order chi connectivity index (χ1) is 23.5. The number of aliphatic carboxylic acids is 1. The number of thiazole rings is 1. The summed E-state index contributed by atoms with van der Waals surface area (Å²) in [5, 5.41) is 24.3. The second-order valence-electron chi connectivity index (χ2n) is 12.1. The monoisotopic (exact) mass is 739 g/mol. The summed E-state index contributed by atoms with van der Waals surface area (Å²) in [6.45, 7) is 5.59. The van der Waals surface area contributed by atoms with Gasteiger partial charge in [-0.2, -0.15) is 13.5 Å². The van der Waals surface area contributed by atoms with Crippen LogP contribution in [0.2, 0.25) is 0 Å². The molecule has 2 aliphatic rings. The molecule has 50 heavy (non-hydrogen) atoms. The van der Waals surface area contributed by atoms with Gasteiger partial charge >= 0.3 is 16.4 Å². The predicted molar refractivity (Wildman–Crippen MR) is 180 cm³/mol. The van der Waals surface area contributed by atoms with Crippen LogP contribution in [0.5, 0.6) is 5.75 Å². The molecule has 0 radical (unpaired) electrons. The number of hydroxylamine groups is 2. The molecular formula is C29H41N9O10S2. The number of ketones is 1. The van der Waals surface area contributed by atoms with E-state index in [1.807, 2.05) is 15.9 Å². The third-order valence-electron chi connectivity index (χ3n) is 8.17. The van der Waals surface area contributed by atoms with E-state index in [2.05, 4.69) is 14.4 Å². The molecule has 4 rings (SSSR count). The number of nitrogens with zero attached hydrogens (tertiary/aromatic N) is 5. The van der Waals surface area contributed by atoms with Gasteiger partial charge in [0.15, 0.2) is 22.6 Å². The highest BCUT2D eigenvalue weighted by Gasteiger charge is 2.57. The molecule has 19 nitrogen and oxygen atoms in total. The molecule has 1 saturated heterocycles. The lowest BCUT2D eigenvalue weighted by Crippen LogP contribution is -2.68. The maximum Gasteiger partial charge on any atom is 0.418 e. The van der Waals surface area contributed by atoms with Crippen molar-refractivity contribution in [3.05, 3.63) is 40.4 Å². The average Bonchev–Trinajstić information content (AvgIpc) is 3.68. The van der Waals surface area contributed by atoms with Crippen LogP contribution in [-0.4, -0.2) is 112 Å². The maximum atomic E-state index is 13.4. The Morgan fingerprint density at radius 2 is 1.86 bits per heavy atom. The second kappa shape index (κ2) is 16.1. The number of nitrogens with one attached hydrogen (secondary N) is 1. The van der Waals surface area contributed by atoms with E-state index in [0.717, 1.165) is 35.3 Å². The Morgan fingerprint density at radius 3 is 2.42 bits per heavy atom. The molecule has 0 saturated carbocycles. The van der Waals surface area contributed by atoms with Crippen molar-refractivity contribution >= 4 is 56.2 Å². The molecule has 21 heteroatoms. The van der Waals surface area contributed by atoms with Crippen molar-refractivity contribution in [2.45, 2.75) is 57.8 Å². The number of carboxylic acids is 1. The first-order valence-electron chi connectivity index (χ1n) is 15.5. The zero-order valence-corrected chi connectivity index (χ0v) is 29.1. The smallest absolute Gasteiger partial charge is 0.418 e. The number of amides is 1. The molecule has 3 heterocycles. The number of carbonyl (C=O) groups excluding carboxylic acids is 2. The van der Waals surface area contributed by atoms with Crippen molar-refractivity contribution in [2.75, 3.05) is 38.5 Å². The highest BCUT2D eigenvalue weighted by Crippen LogP contribution is 2.40. The van der Waals surface area contributed by atoms with E-state index in [1.165, 1.54) is 19.2 Å². The first-order valence-corrected chi connectivity index (χ1v) is 17.8. The van der Waals surface area contributed by atoms with Crippen LogP contribution in [-0.2, 0) is 47.0 Å². The number of nitrogens with two attached hydrogens (primary N) is 3. The van der Waals surface area contributed by atoms with Crippen LogP contribution in [0.4, 0.5) is 5.13 Å². The Balaban J connectivity index is 1.43. The molecule has 9 N–H and O–H groups in total. The second-order valence-corrected chi connectivity index (χ2v) is 14.0. The van der Waals surface area contributed by atoms with E-state index in [0.29, 0.717) is 56.0 Å². The van der Waals surface area contributed by atoms with Gasteiger partial charge in [0.2, 0.25) is 0 Å². The van der Waals surface area contributed by atoms with Crippen molar-refractivity contribution < 1.29 is 46.3 Å². The highest BCUT2D eigenvalue weighted by molar-refractivity contribution is 7.80. The van der Waals surface area contributed by atoms with Gasteiger partial charge in [-0.05, 0) is 63.0 Å². The number of oxime groups is 1. The maximum absolute atomic E-state index is 13.4. The molecule has 2 aliphatic heterocycles. The Morgan fingerprint density at radius 1 is 1.20 bits per heavy atom. The minimum atomic E-state index is -5.00. The number of Topliss-reactive ketones (excluding diaryl/α,β-unsaturated/α-hetero) is 1. The van der Waals surface area contributed by atoms with Crippen molar-refractivity contribution in [3.63, 3.8) is 0 Å². The van der Waals surface area contributed by atoms with Crippen molar-refractivity contribution in [2.24, 2.45) is 22.5 Å². The number of ether oxygens (including phenoxy) is 1. The fraction of sp³-hybridized carbons (Fsp3) is 0.517. The molecule has 1 aromatic heterocycles. The predicted octanol–water partition coefficient (Wildman–Crippen LogP) is 0.159. The molecule has 2 atom stereocenters. The third-order valence-corrected chi connectivity index (χ3v) is 9.18. The van der Waals surface area contributed by atoms with Gasteiger partial charge in [0.1, 0.15) is 18.1 Å². The van der Waals surface area contributed by atoms with Crippen LogP contribution in [0.25, 0.3) is 0 Å². The number of benzene rings is 1. The highest BCUT2D eigenvalue weighted by atomic mass is 32.3. The SMILES string of the molecule is CC1(C)[C@H](CC(=O)/C(=N\O[C@@H](COc2ccc3c(c2)CN(C(=N)N(CCCN)CCCN)C3)C(=O)O)c2csc(N)n2)C(=O)N1OS(=O)(=O)O. The lowest BCUT2D eigenvalue weighted by atomic mass is 9.74. The molecule has 0 unspecified atom stereocenters. The van der Waals surface area contributed by atoms with Crippen molar-refractivity contribution in [3.8, 4) is 5.75 Å². The minimum Gasteiger partial charge on any atom is -0.489 e. The number of rotatable bonds is 18. The Kier molecular flexibility index (Phi) is 12.3. The number of carboxylic acid groups (broad SMARTS) is 1. The van der Waals surface area contributed by atoms with E-state index in [4.69, 9.17) is 36.7 Å². The summed E-state index contributed by atoms with van der Waals surface area (Å²) in [5.74, 6) is -3.48. The van der Waals surface area contributed by atoms with Gasteiger partial charge < -0.3 is 41.7 Å². The topological polar surface area (TPSA) is 290 Å². The van der Waals surface area contributed by atoms with E-state index >= 15 is 0 Å². The van der Waals surface area contributed by atoms with Crippen LogP contribution >= 0.6 is 11.3 Å². The van der Waals surface area contributed by atoms with E-state index in [9.17, 15) is 27.9 Å². The van der Waals surface area contributed by atoms with Crippen LogP contribution in [0.15, 0.2) is 28.7 Å². The summed E-state index contributed by atoms with van der Waals surface area (Å²) in [6.07, 6.45) is -0.706. The van der Waals surface area contributed by atoms with Gasteiger partial charge in [0.05, 0.1) is 11.5 Å². The minimum absolute atomic E-state index is 0.0310. The quantitative estimate of drug-likeness (QED) is 0.0390. The summed E-state index contributed by atoms with van der Waals surface area (Å²) in [6, 6.07) is 5.27. The summed E-state index contributed by atoms with van der Waals surface area (Å²) in [7, 11) is -5.00. The van der Waals surface area contributed by atoms with Crippen LogP contribution in [0.3, 0.4) is 0 Å². The third kappa shape index (κ3) is 9.22. The molecule has 1 fully saturated rings. The average molecular weight is 740 g/mol. The van der Waals surface area contributed by atoms with Crippen LogP contribution in [0.1, 0.15) is 49.9 Å². The molecule has 2 aromatic rings. The first kappa shape index (κ1) is 38.4. The summed E-state index contributed by atoms with van der Waals surface area (Å²) in [4.78, 5) is 51.3. The van der Waals surface area contributed by atoms with Gasteiger partial charge in [-0.15, -0.1) is 15.6 Å². The molecule has 1 aromatic carbocycles. The number of hydrogen-bond acceptors (Lipinski definition) is 15. The number of anilines is 1. The lowest BCUT2D eigenvalue weighted by Gasteiger charge is -2.50. The Hall–Kier alpha value is -4.41. The van der Waals surface area contributed by atoms with Crippen LogP contribution < -0.4 is 21.9 Å². The Bertz CT molecular complexity index is 1730. The fourth-order valence-electron chi connectivity index (χ4n) is 5.42. The summed E-state index contributed by atoms with van der Waals surface area (Å²) >= 11 is 0.982. The molecule has 274 valence electrons. The molecule has 0 spiro atoms. The van der Waals surface area contributed by atoms with Gasteiger partial charge in [-0.3, -0.25) is 19.6 Å².